The van der Waals surface area contributed by atoms with E-state index >= 15 is 0 Å². The zero-order valence-electron chi connectivity index (χ0n) is 18.5. The average molecular weight is 433 g/mol. The SMILES string of the molecule is CC(C)C(=O)N1CCN(c2nc3c(s2)C[C@@H](C(=O)NC2CCCCCC2)CC3)CC1. The smallest absolute Gasteiger partial charge is 0.225 e. The molecule has 1 aliphatic heterocycles. The lowest BCUT2D eigenvalue weighted by Gasteiger charge is -2.35. The van der Waals surface area contributed by atoms with Gasteiger partial charge in [-0.25, -0.2) is 4.98 Å². The summed E-state index contributed by atoms with van der Waals surface area (Å²) < 4.78 is 0. The summed E-state index contributed by atoms with van der Waals surface area (Å²) in [6, 6.07) is 0.378. The lowest BCUT2D eigenvalue weighted by atomic mass is 9.90. The van der Waals surface area contributed by atoms with Gasteiger partial charge in [0, 0.05) is 48.9 Å². The predicted molar refractivity (Wildman–Crippen MR) is 121 cm³/mol. The Morgan fingerprint density at radius 1 is 1.03 bits per heavy atom. The number of carbonyl (C=O) groups excluding carboxylic acids is 2. The quantitative estimate of drug-likeness (QED) is 0.741. The second-order valence-corrected chi connectivity index (χ2v) is 10.5. The molecule has 1 saturated heterocycles. The molecule has 0 bridgehead atoms. The number of amides is 2. The van der Waals surface area contributed by atoms with Gasteiger partial charge in [-0.3, -0.25) is 9.59 Å². The van der Waals surface area contributed by atoms with E-state index in [0.29, 0.717) is 6.04 Å². The summed E-state index contributed by atoms with van der Waals surface area (Å²) in [4.78, 5) is 35.6. The van der Waals surface area contributed by atoms with E-state index in [0.717, 1.165) is 63.4 Å². The van der Waals surface area contributed by atoms with Crippen LogP contribution in [0.15, 0.2) is 0 Å². The molecule has 1 aromatic rings. The molecule has 1 atom stereocenters. The van der Waals surface area contributed by atoms with Crippen LogP contribution in [0.25, 0.3) is 0 Å². The zero-order chi connectivity index (χ0) is 21.1. The third-order valence-corrected chi connectivity index (χ3v) is 8.04. The molecule has 0 spiro atoms. The van der Waals surface area contributed by atoms with Gasteiger partial charge in [0.25, 0.3) is 0 Å². The maximum absolute atomic E-state index is 12.9. The molecule has 2 heterocycles. The molecule has 0 radical (unpaired) electrons. The van der Waals surface area contributed by atoms with Gasteiger partial charge in [-0.1, -0.05) is 39.5 Å². The zero-order valence-corrected chi connectivity index (χ0v) is 19.3. The van der Waals surface area contributed by atoms with Crippen LogP contribution in [0.4, 0.5) is 5.13 Å². The summed E-state index contributed by atoms with van der Waals surface area (Å²) in [7, 11) is 0. The minimum Gasteiger partial charge on any atom is -0.353 e. The number of nitrogens with one attached hydrogen (secondary N) is 1. The first-order chi connectivity index (χ1) is 14.5. The highest BCUT2D eigenvalue weighted by Crippen LogP contribution is 2.35. The summed E-state index contributed by atoms with van der Waals surface area (Å²) in [6.45, 7) is 7.16. The summed E-state index contributed by atoms with van der Waals surface area (Å²) in [5.74, 6) is 0.651. The summed E-state index contributed by atoms with van der Waals surface area (Å²) >= 11 is 1.76. The Labute approximate surface area is 184 Å². The molecule has 4 rings (SSSR count). The van der Waals surface area contributed by atoms with Crippen molar-refractivity contribution in [1.29, 1.82) is 0 Å². The van der Waals surface area contributed by atoms with Crippen molar-refractivity contribution in [3.05, 3.63) is 10.6 Å². The van der Waals surface area contributed by atoms with Crippen LogP contribution in [0.2, 0.25) is 0 Å². The van der Waals surface area contributed by atoms with Gasteiger partial charge in [0.15, 0.2) is 5.13 Å². The standard InChI is InChI=1S/C23H36N4O2S/c1-16(2)22(29)26-11-13-27(14-12-26)23-25-19-10-9-17(15-20(19)30-23)21(28)24-18-7-5-3-4-6-8-18/h16-18H,3-15H2,1-2H3,(H,24,28)/t17-/m0/s1. The van der Waals surface area contributed by atoms with E-state index in [1.807, 2.05) is 18.7 Å². The van der Waals surface area contributed by atoms with Crippen LogP contribution in [0.5, 0.6) is 0 Å². The number of hydrogen-bond acceptors (Lipinski definition) is 5. The number of nitrogens with zero attached hydrogens (tertiary/aromatic N) is 3. The van der Waals surface area contributed by atoms with E-state index in [9.17, 15) is 9.59 Å². The van der Waals surface area contributed by atoms with Crippen molar-refractivity contribution in [3.8, 4) is 0 Å². The van der Waals surface area contributed by atoms with Gasteiger partial charge >= 0.3 is 0 Å². The highest BCUT2D eigenvalue weighted by Gasteiger charge is 2.31. The second-order valence-electron chi connectivity index (χ2n) is 9.47. The van der Waals surface area contributed by atoms with Gasteiger partial charge in [-0.15, -0.1) is 11.3 Å². The Kier molecular flexibility index (Phi) is 6.96. The predicted octanol–water partition coefficient (Wildman–Crippen LogP) is 3.39. The van der Waals surface area contributed by atoms with Crippen LogP contribution < -0.4 is 10.2 Å². The number of aromatic nitrogens is 1. The summed E-state index contributed by atoms with van der Waals surface area (Å²) in [6.07, 6.45) is 10.0. The molecule has 1 N–H and O–H groups in total. The number of fused-ring (bicyclic) bond motifs is 1. The van der Waals surface area contributed by atoms with Crippen LogP contribution in [-0.4, -0.2) is 53.9 Å². The van der Waals surface area contributed by atoms with Crippen molar-refractivity contribution in [2.45, 2.75) is 77.7 Å². The first-order valence-corrected chi connectivity index (χ1v) is 12.7. The first kappa shape index (κ1) is 21.6. The van der Waals surface area contributed by atoms with Crippen LogP contribution in [-0.2, 0) is 22.4 Å². The van der Waals surface area contributed by atoms with Gasteiger partial charge in [0.2, 0.25) is 11.8 Å². The Balaban J connectivity index is 1.32. The van der Waals surface area contributed by atoms with Crippen LogP contribution in [0, 0.1) is 11.8 Å². The summed E-state index contributed by atoms with van der Waals surface area (Å²) in [5.41, 5.74) is 1.19. The third kappa shape index (κ3) is 4.98. The monoisotopic (exact) mass is 432 g/mol. The average Bonchev–Trinajstić information content (AvgIpc) is 3.02. The van der Waals surface area contributed by atoms with Gasteiger partial charge in [-0.2, -0.15) is 0 Å². The van der Waals surface area contributed by atoms with E-state index in [1.54, 1.807) is 11.3 Å². The Bertz CT molecular complexity index is 746. The molecule has 1 aromatic heterocycles. The van der Waals surface area contributed by atoms with Crippen molar-refractivity contribution >= 4 is 28.3 Å². The molecular weight excluding hydrogens is 396 g/mol. The molecule has 6 nitrogen and oxygen atoms in total. The van der Waals surface area contributed by atoms with Gasteiger partial charge < -0.3 is 15.1 Å². The molecule has 2 amide bonds. The fourth-order valence-electron chi connectivity index (χ4n) is 4.95. The summed E-state index contributed by atoms with van der Waals surface area (Å²) in [5, 5.41) is 4.42. The third-order valence-electron chi connectivity index (χ3n) is 6.86. The molecule has 2 aliphatic carbocycles. The number of carbonyl (C=O) groups is 2. The van der Waals surface area contributed by atoms with Crippen molar-refractivity contribution in [3.63, 3.8) is 0 Å². The topological polar surface area (TPSA) is 65.5 Å². The molecule has 1 saturated carbocycles. The number of anilines is 1. The molecule has 7 heteroatoms. The van der Waals surface area contributed by atoms with Crippen molar-refractivity contribution < 1.29 is 9.59 Å². The van der Waals surface area contributed by atoms with Crippen molar-refractivity contribution in [2.75, 3.05) is 31.1 Å². The van der Waals surface area contributed by atoms with Gasteiger partial charge in [-0.05, 0) is 32.1 Å². The van der Waals surface area contributed by atoms with Crippen LogP contribution >= 0.6 is 11.3 Å². The molecule has 166 valence electrons. The second kappa shape index (κ2) is 9.67. The fraction of sp³-hybridized carbons (Fsp3) is 0.783. The molecule has 3 aliphatic rings. The Morgan fingerprint density at radius 2 is 1.73 bits per heavy atom. The Morgan fingerprint density at radius 3 is 2.40 bits per heavy atom. The minimum absolute atomic E-state index is 0.0600. The lowest BCUT2D eigenvalue weighted by Crippen LogP contribution is -2.49. The van der Waals surface area contributed by atoms with Crippen LogP contribution in [0.3, 0.4) is 0 Å². The van der Waals surface area contributed by atoms with Gasteiger partial charge in [0.05, 0.1) is 5.69 Å². The molecule has 30 heavy (non-hydrogen) atoms. The van der Waals surface area contributed by atoms with Gasteiger partial charge in [0.1, 0.15) is 0 Å². The van der Waals surface area contributed by atoms with E-state index in [-0.39, 0.29) is 23.7 Å². The fourth-order valence-corrected chi connectivity index (χ4v) is 6.18. The maximum Gasteiger partial charge on any atom is 0.225 e. The minimum atomic E-state index is 0.0600. The number of piperazine rings is 1. The van der Waals surface area contributed by atoms with Crippen molar-refractivity contribution in [1.82, 2.24) is 15.2 Å². The van der Waals surface area contributed by atoms with Crippen LogP contribution in [0.1, 0.15) is 69.4 Å². The first-order valence-electron chi connectivity index (χ1n) is 11.8. The number of hydrogen-bond donors (Lipinski definition) is 1. The Hall–Kier alpha value is -1.63. The number of rotatable bonds is 4. The molecular formula is C23H36N4O2S. The van der Waals surface area contributed by atoms with E-state index in [4.69, 9.17) is 4.98 Å². The molecule has 0 unspecified atom stereocenters. The van der Waals surface area contributed by atoms with E-state index in [1.165, 1.54) is 36.3 Å². The number of thiazole rings is 1. The highest BCUT2D eigenvalue weighted by atomic mass is 32.1. The lowest BCUT2D eigenvalue weighted by molar-refractivity contribution is -0.134. The normalized spacial score (nSPS) is 23.2. The number of aryl methyl sites for hydroxylation is 1. The molecule has 0 aromatic carbocycles. The largest absolute Gasteiger partial charge is 0.353 e. The van der Waals surface area contributed by atoms with Crippen molar-refractivity contribution in [2.24, 2.45) is 11.8 Å². The maximum atomic E-state index is 12.9. The highest BCUT2D eigenvalue weighted by molar-refractivity contribution is 7.15. The molecule has 2 fully saturated rings. The van der Waals surface area contributed by atoms with E-state index < -0.39 is 0 Å². The van der Waals surface area contributed by atoms with E-state index in [2.05, 4.69) is 10.2 Å².